The van der Waals surface area contributed by atoms with Crippen LogP contribution in [-0.2, 0) is 0 Å². The van der Waals surface area contributed by atoms with E-state index in [0.717, 1.165) is 16.3 Å². The summed E-state index contributed by atoms with van der Waals surface area (Å²) in [6.45, 7) is 5.48. The number of hydrogen-bond donors (Lipinski definition) is 1. The molecule has 0 radical (unpaired) electrons. The molecule has 0 fully saturated rings. The largest absolute Gasteiger partial charge is 0.369 e. The summed E-state index contributed by atoms with van der Waals surface area (Å²) in [6, 6.07) is 4.03. The van der Waals surface area contributed by atoms with Gasteiger partial charge in [0.05, 0.1) is 11.3 Å². The van der Waals surface area contributed by atoms with Crippen molar-refractivity contribution in [2.45, 2.75) is 26.8 Å². The highest BCUT2D eigenvalue weighted by molar-refractivity contribution is 7.10. The molecule has 1 atom stereocenters. The standard InChI is InChI=1S/C13H15N3OS/c1-8(11-4-6-14-7-5-11)15-13-12(10(3)17)9(2)16-18-13/h4-8,15H,1-3H3. The third kappa shape index (κ3) is 2.56. The molecule has 94 valence electrons. The number of nitrogens with zero attached hydrogens (tertiary/aromatic N) is 2. The lowest BCUT2D eigenvalue weighted by Gasteiger charge is -2.14. The van der Waals surface area contributed by atoms with Crippen LogP contribution in [-0.4, -0.2) is 15.1 Å². The quantitative estimate of drug-likeness (QED) is 0.858. The minimum atomic E-state index is 0.0469. The Morgan fingerprint density at radius 1 is 1.39 bits per heavy atom. The second kappa shape index (κ2) is 5.27. The molecule has 0 amide bonds. The molecule has 2 aromatic heterocycles. The van der Waals surface area contributed by atoms with Crippen LogP contribution in [0.3, 0.4) is 0 Å². The van der Waals surface area contributed by atoms with E-state index in [4.69, 9.17) is 0 Å². The average Bonchev–Trinajstić information content (AvgIpc) is 2.71. The lowest BCUT2D eigenvalue weighted by molar-refractivity contribution is 0.101. The second-order valence-corrected chi connectivity index (χ2v) is 4.95. The Kier molecular flexibility index (Phi) is 3.72. The molecule has 2 aromatic rings. The van der Waals surface area contributed by atoms with Gasteiger partial charge < -0.3 is 5.32 Å². The first-order valence-corrected chi connectivity index (χ1v) is 6.50. The van der Waals surface area contributed by atoms with Gasteiger partial charge in [0, 0.05) is 18.4 Å². The number of pyridine rings is 1. The van der Waals surface area contributed by atoms with E-state index in [0.29, 0.717) is 5.56 Å². The van der Waals surface area contributed by atoms with Gasteiger partial charge in [0.25, 0.3) is 0 Å². The molecule has 0 aliphatic heterocycles. The molecule has 0 bridgehead atoms. The Morgan fingerprint density at radius 3 is 2.67 bits per heavy atom. The molecule has 0 aromatic carbocycles. The molecule has 2 rings (SSSR count). The number of ketones is 1. The van der Waals surface area contributed by atoms with Crippen molar-refractivity contribution in [3.05, 3.63) is 41.3 Å². The van der Waals surface area contributed by atoms with Crippen molar-refractivity contribution in [1.29, 1.82) is 0 Å². The molecule has 0 saturated heterocycles. The van der Waals surface area contributed by atoms with Gasteiger partial charge in [0.2, 0.25) is 0 Å². The number of anilines is 1. The van der Waals surface area contributed by atoms with E-state index in [9.17, 15) is 4.79 Å². The molecule has 0 spiro atoms. The Morgan fingerprint density at radius 2 is 2.06 bits per heavy atom. The molecular weight excluding hydrogens is 246 g/mol. The summed E-state index contributed by atoms with van der Waals surface area (Å²) in [5.74, 6) is 0.0469. The minimum Gasteiger partial charge on any atom is -0.369 e. The third-order valence-corrected chi connectivity index (χ3v) is 3.64. The molecule has 5 heteroatoms. The Bertz CT molecular complexity index is 551. The Balaban J connectivity index is 2.22. The van der Waals surface area contributed by atoms with Crippen LogP contribution in [0.2, 0.25) is 0 Å². The Labute approximate surface area is 110 Å². The van der Waals surface area contributed by atoms with Crippen molar-refractivity contribution in [3.63, 3.8) is 0 Å². The number of rotatable bonds is 4. The molecule has 0 aliphatic carbocycles. The molecular formula is C13H15N3OS. The zero-order valence-electron chi connectivity index (χ0n) is 10.6. The zero-order chi connectivity index (χ0) is 13.1. The summed E-state index contributed by atoms with van der Waals surface area (Å²) in [5.41, 5.74) is 2.61. The molecule has 0 saturated carbocycles. The normalized spacial score (nSPS) is 12.2. The fourth-order valence-electron chi connectivity index (χ4n) is 1.81. The highest BCUT2D eigenvalue weighted by Crippen LogP contribution is 2.28. The fraction of sp³-hybridized carbons (Fsp3) is 0.308. The number of carbonyl (C=O) groups is 1. The van der Waals surface area contributed by atoms with E-state index in [1.807, 2.05) is 26.0 Å². The molecule has 2 heterocycles. The first-order chi connectivity index (χ1) is 8.59. The van der Waals surface area contributed by atoms with E-state index in [2.05, 4.69) is 14.7 Å². The molecule has 18 heavy (non-hydrogen) atoms. The van der Waals surface area contributed by atoms with Gasteiger partial charge >= 0.3 is 0 Å². The number of nitrogens with one attached hydrogen (secondary N) is 1. The van der Waals surface area contributed by atoms with Gasteiger partial charge in [0.15, 0.2) is 5.78 Å². The second-order valence-electron chi connectivity index (χ2n) is 4.17. The van der Waals surface area contributed by atoms with Gasteiger partial charge in [-0.1, -0.05) is 0 Å². The van der Waals surface area contributed by atoms with Gasteiger partial charge in [-0.05, 0) is 50.0 Å². The van der Waals surface area contributed by atoms with Crippen LogP contribution in [0.25, 0.3) is 0 Å². The number of Topliss-reactive ketones (excluding diaryl/α,β-unsaturated/α-hetero) is 1. The summed E-state index contributed by atoms with van der Waals surface area (Å²) in [7, 11) is 0. The van der Waals surface area contributed by atoms with Crippen molar-refractivity contribution in [1.82, 2.24) is 9.36 Å². The van der Waals surface area contributed by atoms with Crippen LogP contribution in [0.1, 0.15) is 41.5 Å². The maximum Gasteiger partial charge on any atom is 0.164 e. The first kappa shape index (κ1) is 12.7. The summed E-state index contributed by atoms with van der Waals surface area (Å²) < 4.78 is 4.23. The predicted molar refractivity (Wildman–Crippen MR) is 73.1 cm³/mol. The monoisotopic (exact) mass is 261 g/mol. The first-order valence-electron chi connectivity index (χ1n) is 5.73. The van der Waals surface area contributed by atoms with E-state index in [1.54, 1.807) is 19.3 Å². The van der Waals surface area contributed by atoms with Gasteiger partial charge in [-0.15, -0.1) is 0 Å². The predicted octanol–water partition coefficient (Wildman–Crippen LogP) is 3.22. The van der Waals surface area contributed by atoms with Gasteiger partial charge in [-0.3, -0.25) is 9.78 Å². The SMILES string of the molecule is CC(=O)c1c(C)nsc1NC(C)c1ccncc1. The van der Waals surface area contributed by atoms with E-state index < -0.39 is 0 Å². The summed E-state index contributed by atoms with van der Waals surface area (Å²) in [5, 5.41) is 4.17. The van der Waals surface area contributed by atoms with Crippen LogP contribution in [0.4, 0.5) is 5.00 Å². The molecule has 1 N–H and O–H groups in total. The topological polar surface area (TPSA) is 54.9 Å². The van der Waals surface area contributed by atoms with Gasteiger partial charge in [-0.25, -0.2) is 0 Å². The van der Waals surface area contributed by atoms with Crippen molar-refractivity contribution in [2.75, 3.05) is 5.32 Å². The minimum absolute atomic E-state index is 0.0469. The lowest BCUT2D eigenvalue weighted by Crippen LogP contribution is -2.08. The van der Waals surface area contributed by atoms with E-state index in [-0.39, 0.29) is 11.8 Å². The highest BCUT2D eigenvalue weighted by Gasteiger charge is 2.16. The number of hydrogen-bond acceptors (Lipinski definition) is 5. The molecule has 0 aliphatic rings. The van der Waals surface area contributed by atoms with Crippen LogP contribution < -0.4 is 5.32 Å². The van der Waals surface area contributed by atoms with Crippen LogP contribution >= 0.6 is 11.5 Å². The molecule has 4 nitrogen and oxygen atoms in total. The summed E-state index contributed by atoms with van der Waals surface area (Å²) in [6.07, 6.45) is 3.52. The van der Waals surface area contributed by atoms with Crippen LogP contribution in [0.5, 0.6) is 0 Å². The van der Waals surface area contributed by atoms with Crippen LogP contribution in [0.15, 0.2) is 24.5 Å². The number of carbonyl (C=O) groups excluding carboxylic acids is 1. The van der Waals surface area contributed by atoms with Gasteiger partial charge in [-0.2, -0.15) is 4.37 Å². The zero-order valence-corrected chi connectivity index (χ0v) is 11.4. The maximum atomic E-state index is 11.6. The summed E-state index contributed by atoms with van der Waals surface area (Å²) >= 11 is 1.33. The van der Waals surface area contributed by atoms with Crippen molar-refractivity contribution >= 4 is 22.3 Å². The lowest BCUT2D eigenvalue weighted by atomic mass is 10.1. The maximum absolute atomic E-state index is 11.6. The van der Waals surface area contributed by atoms with E-state index >= 15 is 0 Å². The smallest absolute Gasteiger partial charge is 0.164 e. The summed E-state index contributed by atoms with van der Waals surface area (Å²) in [4.78, 5) is 15.6. The van der Waals surface area contributed by atoms with Gasteiger partial charge in [0.1, 0.15) is 5.00 Å². The number of aromatic nitrogens is 2. The van der Waals surface area contributed by atoms with E-state index in [1.165, 1.54) is 11.5 Å². The van der Waals surface area contributed by atoms with Crippen LogP contribution in [0, 0.1) is 6.92 Å². The fourth-order valence-corrected chi connectivity index (χ4v) is 2.75. The molecule has 1 unspecified atom stereocenters. The average molecular weight is 261 g/mol. The van der Waals surface area contributed by atoms with Crippen molar-refractivity contribution in [3.8, 4) is 0 Å². The highest BCUT2D eigenvalue weighted by atomic mass is 32.1. The van der Waals surface area contributed by atoms with Crippen molar-refractivity contribution in [2.24, 2.45) is 0 Å². The Hall–Kier alpha value is -1.75. The number of aryl methyl sites for hydroxylation is 1. The third-order valence-electron chi connectivity index (χ3n) is 2.77. The van der Waals surface area contributed by atoms with Crippen molar-refractivity contribution < 1.29 is 4.79 Å².